The summed E-state index contributed by atoms with van der Waals surface area (Å²) in [6.45, 7) is 13.5. The zero-order chi connectivity index (χ0) is 20.5. The second kappa shape index (κ2) is 7.50. The summed E-state index contributed by atoms with van der Waals surface area (Å²) < 4.78 is 10.4. The Morgan fingerprint density at radius 2 is 2.00 bits per heavy atom. The Morgan fingerprint density at radius 1 is 1.37 bits per heavy atom. The van der Waals surface area contributed by atoms with E-state index in [1.54, 1.807) is 0 Å². The van der Waals surface area contributed by atoms with E-state index in [1.165, 1.54) is 6.08 Å². The fourth-order valence-electron chi connectivity index (χ4n) is 3.76. The monoisotopic (exact) mass is 378 g/mol. The number of aliphatic carboxylic acids is 1. The first-order chi connectivity index (χ1) is 12.6. The van der Waals surface area contributed by atoms with Gasteiger partial charge in [-0.3, -0.25) is 0 Å². The van der Waals surface area contributed by atoms with Crippen molar-refractivity contribution in [1.82, 2.24) is 0 Å². The Balaban J connectivity index is 2.49. The predicted molar refractivity (Wildman–Crippen MR) is 93.2 cm³/mol. The second-order valence-corrected chi connectivity index (χ2v) is 6.77. The van der Waals surface area contributed by atoms with Crippen molar-refractivity contribution in [2.75, 3.05) is 13.2 Å². The summed E-state index contributed by atoms with van der Waals surface area (Å²) in [6, 6.07) is 0. The maximum Gasteiger partial charge on any atom is 0.336 e. The molecule has 2 fully saturated rings. The number of rotatable bonds is 6. The molecule has 8 heteroatoms. The standard InChI is InChI=1S/C19H22O8/c1-5-19-6-12(27-17(24)9(2)7-20)13(10(3)16(22)23)15(21)14(19)11(4)18(25)26-8-19/h5,12-15,20-21H,1-4,6-8H2,(H,22,23). The molecular formula is C19H22O8. The molecule has 1 aliphatic heterocycles. The first-order valence-corrected chi connectivity index (χ1v) is 8.19. The van der Waals surface area contributed by atoms with E-state index in [0.29, 0.717) is 0 Å². The molecule has 8 nitrogen and oxygen atoms in total. The zero-order valence-corrected chi connectivity index (χ0v) is 14.7. The third kappa shape index (κ3) is 3.45. The summed E-state index contributed by atoms with van der Waals surface area (Å²) in [4.78, 5) is 35.5. The minimum atomic E-state index is -1.43. The van der Waals surface area contributed by atoms with Crippen molar-refractivity contribution in [2.24, 2.45) is 17.3 Å². The molecule has 5 atom stereocenters. The van der Waals surface area contributed by atoms with Gasteiger partial charge in [0, 0.05) is 22.5 Å². The Labute approximate surface area is 156 Å². The van der Waals surface area contributed by atoms with E-state index in [1.807, 2.05) is 0 Å². The largest absolute Gasteiger partial charge is 0.478 e. The van der Waals surface area contributed by atoms with Gasteiger partial charge < -0.3 is 24.8 Å². The fraction of sp³-hybridized carbons (Fsp3) is 0.421. The van der Waals surface area contributed by atoms with Crippen LogP contribution in [0.3, 0.4) is 0 Å². The number of hydrogen-bond acceptors (Lipinski definition) is 7. The molecule has 0 amide bonds. The molecule has 0 aromatic heterocycles. The van der Waals surface area contributed by atoms with E-state index >= 15 is 0 Å². The number of hydrogen-bond donors (Lipinski definition) is 3. The van der Waals surface area contributed by atoms with Crippen LogP contribution in [0.5, 0.6) is 0 Å². The normalized spacial score (nSPS) is 32.7. The molecule has 146 valence electrons. The van der Waals surface area contributed by atoms with E-state index in [0.717, 1.165) is 0 Å². The lowest BCUT2D eigenvalue weighted by molar-refractivity contribution is -0.177. The van der Waals surface area contributed by atoms with Gasteiger partial charge >= 0.3 is 17.9 Å². The summed E-state index contributed by atoms with van der Waals surface area (Å²) in [7, 11) is 0. The highest BCUT2D eigenvalue weighted by molar-refractivity contribution is 5.91. The maximum absolute atomic E-state index is 12.1. The molecule has 2 aliphatic rings. The van der Waals surface area contributed by atoms with Crippen molar-refractivity contribution in [1.29, 1.82) is 0 Å². The molecule has 27 heavy (non-hydrogen) atoms. The number of ether oxygens (including phenoxy) is 2. The highest BCUT2D eigenvalue weighted by Gasteiger charge is 2.58. The summed E-state index contributed by atoms with van der Waals surface area (Å²) in [6.07, 6.45) is -1.04. The smallest absolute Gasteiger partial charge is 0.336 e. The molecule has 1 saturated heterocycles. The molecule has 1 heterocycles. The van der Waals surface area contributed by atoms with E-state index in [9.17, 15) is 24.6 Å². The molecule has 0 bridgehead atoms. The topological polar surface area (TPSA) is 130 Å². The van der Waals surface area contributed by atoms with E-state index in [4.69, 9.17) is 14.6 Å². The van der Waals surface area contributed by atoms with Crippen LogP contribution in [-0.2, 0) is 23.9 Å². The Kier molecular flexibility index (Phi) is 5.72. The summed E-state index contributed by atoms with van der Waals surface area (Å²) in [5, 5.41) is 29.3. The lowest BCUT2D eigenvalue weighted by Crippen LogP contribution is -2.59. The van der Waals surface area contributed by atoms with Gasteiger partial charge in [-0.25, -0.2) is 14.4 Å². The van der Waals surface area contributed by atoms with E-state index in [2.05, 4.69) is 26.3 Å². The van der Waals surface area contributed by atoms with Crippen LogP contribution < -0.4 is 0 Å². The Bertz CT molecular complexity index is 736. The van der Waals surface area contributed by atoms with Crippen molar-refractivity contribution in [3.8, 4) is 0 Å². The third-order valence-electron chi connectivity index (χ3n) is 5.24. The van der Waals surface area contributed by atoms with Gasteiger partial charge in [-0.15, -0.1) is 6.58 Å². The summed E-state index contributed by atoms with van der Waals surface area (Å²) in [5.74, 6) is -5.06. The molecule has 0 aromatic carbocycles. The number of aliphatic hydroxyl groups excluding tert-OH is 2. The highest BCUT2D eigenvalue weighted by Crippen LogP contribution is 2.52. The van der Waals surface area contributed by atoms with Crippen LogP contribution >= 0.6 is 0 Å². The summed E-state index contributed by atoms with van der Waals surface area (Å²) in [5.41, 5.74) is -1.61. The molecule has 0 radical (unpaired) electrons. The van der Waals surface area contributed by atoms with Crippen LogP contribution in [0, 0.1) is 17.3 Å². The first-order valence-electron chi connectivity index (χ1n) is 8.19. The van der Waals surface area contributed by atoms with Crippen LogP contribution in [-0.4, -0.2) is 58.6 Å². The van der Waals surface area contributed by atoms with Crippen molar-refractivity contribution in [3.05, 3.63) is 49.1 Å². The number of aliphatic hydroxyl groups is 2. The zero-order valence-electron chi connectivity index (χ0n) is 14.7. The van der Waals surface area contributed by atoms with Gasteiger partial charge in [0.25, 0.3) is 0 Å². The van der Waals surface area contributed by atoms with Crippen molar-refractivity contribution in [2.45, 2.75) is 18.6 Å². The Morgan fingerprint density at radius 3 is 2.52 bits per heavy atom. The molecule has 1 aliphatic carbocycles. The summed E-state index contributed by atoms with van der Waals surface area (Å²) >= 11 is 0. The fourth-order valence-corrected chi connectivity index (χ4v) is 3.76. The number of carboxylic acids is 1. The number of carbonyl (C=O) groups excluding carboxylic acids is 2. The quantitative estimate of drug-likeness (QED) is 0.343. The van der Waals surface area contributed by atoms with Crippen molar-refractivity contribution in [3.63, 3.8) is 0 Å². The molecule has 2 rings (SSSR count). The second-order valence-electron chi connectivity index (χ2n) is 6.77. The SMILES string of the molecule is C=CC12COC(=O)C(=C)C1C(O)C(C(=C)C(=O)O)C(OC(=O)C(=C)CO)C2. The molecule has 5 unspecified atom stereocenters. The van der Waals surface area contributed by atoms with E-state index < -0.39 is 54.0 Å². The van der Waals surface area contributed by atoms with Gasteiger partial charge in [0.1, 0.15) is 12.7 Å². The minimum absolute atomic E-state index is 0.0126. The van der Waals surface area contributed by atoms with Crippen LogP contribution in [0.1, 0.15) is 6.42 Å². The number of fused-ring (bicyclic) bond motifs is 1. The number of cyclic esters (lactones) is 1. The molecule has 1 saturated carbocycles. The van der Waals surface area contributed by atoms with E-state index in [-0.39, 0.29) is 29.7 Å². The maximum atomic E-state index is 12.1. The predicted octanol–water partition coefficient (Wildman–Crippen LogP) is 0.370. The number of esters is 2. The lowest BCUT2D eigenvalue weighted by Gasteiger charge is -2.52. The van der Waals surface area contributed by atoms with Gasteiger partial charge in [0.15, 0.2) is 0 Å². The number of carboxylic acid groups (broad SMARTS) is 1. The molecule has 3 N–H and O–H groups in total. The van der Waals surface area contributed by atoms with Crippen LogP contribution in [0.25, 0.3) is 0 Å². The average molecular weight is 378 g/mol. The average Bonchev–Trinajstić information content (AvgIpc) is 2.63. The number of carbonyl (C=O) groups is 3. The van der Waals surface area contributed by atoms with Crippen LogP contribution in [0.2, 0.25) is 0 Å². The minimum Gasteiger partial charge on any atom is -0.478 e. The highest BCUT2D eigenvalue weighted by atomic mass is 16.6. The lowest BCUT2D eigenvalue weighted by atomic mass is 9.57. The van der Waals surface area contributed by atoms with Gasteiger partial charge in [-0.05, 0) is 6.42 Å². The van der Waals surface area contributed by atoms with Crippen molar-refractivity contribution < 1.29 is 39.2 Å². The van der Waals surface area contributed by atoms with Gasteiger partial charge in [-0.1, -0.05) is 25.8 Å². The van der Waals surface area contributed by atoms with Crippen LogP contribution in [0.4, 0.5) is 0 Å². The van der Waals surface area contributed by atoms with Gasteiger partial charge in [0.05, 0.1) is 24.2 Å². The molecular weight excluding hydrogens is 356 g/mol. The molecule has 0 aromatic rings. The van der Waals surface area contributed by atoms with Crippen molar-refractivity contribution >= 4 is 17.9 Å². The molecule has 0 spiro atoms. The van der Waals surface area contributed by atoms with Gasteiger partial charge in [-0.2, -0.15) is 0 Å². The van der Waals surface area contributed by atoms with Gasteiger partial charge in [0.2, 0.25) is 0 Å². The first kappa shape index (κ1) is 20.6. The Hall–Kier alpha value is -2.71. The third-order valence-corrected chi connectivity index (χ3v) is 5.24. The van der Waals surface area contributed by atoms with Crippen LogP contribution in [0.15, 0.2) is 49.1 Å².